The van der Waals surface area contributed by atoms with Crippen LogP contribution in [0.3, 0.4) is 0 Å². The van der Waals surface area contributed by atoms with Gasteiger partial charge in [0.25, 0.3) is 11.8 Å². The van der Waals surface area contributed by atoms with Crippen molar-refractivity contribution >= 4 is 11.8 Å². The van der Waals surface area contributed by atoms with Crippen molar-refractivity contribution in [3.05, 3.63) is 35.4 Å². The number of carbonyl (C=O) groups is 2. The van der Waals surface area contributed by atoms with Crippen LogP contribution in [0.5, 0.6) is 0 Å². The molecule has 1 fully saturated rings. The molecule has 1 aromatic carbocycles. The van der Waals surface area contributed by atoms with Crippen molar-refractivity contribution in [2.24, 2.45) is 0 Å². The van der Waals surface area contributed by atoms with E-state index >= 15 is 0 Å². The van der Waals surface area contributed by atoms with Crippen LogP contribution < -0.4 is 5.32 Å². The first-order valence-corrected chi connectivity index (χ1v) is 7.59. The summed E-state index contributed by atoms with van der Waals surface area (Å²) in [6.45, 7) is 7.45. The molecule has 2 rings (SSSR count). The Hall–Kier alpha value is -1.84. The molecule has 0 saturated carbocycles. The fourth-order valence-corrected chi connectivity index (χ4v) is 2.49. The van der Waals surface area contributed by atoms with Gasteiger partial charge in [-0.1, -0.05) is 6.07 Å². The van der Waals surface area contributed by atoms with Crippen molar-refractivity contribution in [3.8, 4) is 0 Å². The molecule has 0 aromatic heterocycles. The quantitative estimate of drug-likeness (QED) is 0.909. The third kappa shape index (κ3) is 4.31. The minimum Gasteiger partial charge on any atom is -0.347 e. The maximum absolute atomic E-state index is 12.5. The molecule has 0 spiro atoms. The Morgan fingerprint density at radius 3 is 2.29 bits per heavy atom. The van der Waals surface area contributed by atoms with Crippen LogP contribution in [0.1, 0.15) is 60.7 Å². The van der Waals surface area contributed by atoms with Crippen LogP contribution in [0.25, 0.3) is 0 Å². The number of hydrogen-bond acceptors (Lipinski definition) is 2. The van der Waals surface area contributed by atoms with Gasteiger partial charge in [0.2, 0.25) is 0 Å². The molecule has 0 unspecified atom stereocenters. The molecule has 1 aliphatic heterocycles. The highest BCUT2D eigenvalue weighted by Crippen LogP contribution is 2.15. The first-order valence-electron chi connectivity index (χ1n) is 7.59. The fraction of sp³-hybridized carbons (Fsp3) is 0.529. The van der Waals surface area contributed by atoms with Gasteiger partial charge in [0.1, 0.15) is 0 Å². The normalized spacial score (nSPS) is 15.7. The minimum absolute atomic E-state index is 0.0279. The average Bonchev–Trinajstić information content (AvgIpc) is 2.46. The Balaban J connectivity index is 2.13. The van der Waals surface area contributed by atoms with Crippen LogP contribution in [0.4, 0.5) is 0 Å². The topological polar surface area (TPSA) is 49.4 Å². The molecule has 1 saturated heterocycles. The third-order valence-corrected chi connectivity index (χ3v) is 3.50. The zero-order chi connectivity index (χ0) is 15.5. The Morgan fingerprint density at radius 2 is 1.67 bits per heavy atom. The van der Waals surface area contributed by atoms with Crippen molar-refractivity contribution in [2.75, 3.05) is 13.1 Å². The molecule has 0 aliphatic carbocycles. The Bertz CT molecular complexity index is 526. The van der Waals surface area contributed by atoms with E-state index in [1.165, 1.54) is 6.42 Å². The number of rotatable bonds is 2. The number of nitrogens with one attached hydrogen (secondary N) is 1. The summed E-state index contributed by atoms with van der Waals surface area (Å²) in [6.07, 6.45) is 3.32. The number of hydrogen-bond donors (Lipinski definition) is 1. The summed E-state index contributed by atoms with van der Waals surface area (Å²) in [5.74, 6) is -0.115. The van der Waals surface area contributed by atoms with Gasteiger partial charge >= 0.3 is 0 Å². The molecule has 2 amide bonds. The number of piperidine rings is 1. The summed E-state index contributed by atoms with van der Waals surface area (Å²) in [5.41, 5.74) is 0.843. The largest absolute Gasteiger partial charge is 0.347 e. The first kappa shape index (κ1) is 15.5. The molecular weight excluding hydrogens is 264 g/mol. The summed E-state index contributed by atoms with van der Waals surface area (Å²) < 4.78 is 0. The van der Waals surface area contributed by atoms with E-state index in [0.29, 0.717) is 11.1 Å². The molecule has 4 heteroatoms. The fourth-order valence-electron chi connectivity index (χ4n) is 2.49. The highest BCUT2D eigenvalue weighted by Gasteiger charge is 2.20. The van der Waals surface area contributed by atoms with E-state index in [1.807, 2.05) is 25.7 Å². The second-order valence-corrected chi connectivity index (χ2v) is 6.64. The van der Waals surface area contributed by atoms with Gasteiger partial charge in [0.15, 0.2) is 0 Å². The van der Waals surface area contributed by atoms with Crippen LogP contribution >= 0.6 is 0 Å². The lowest BCUT2D eigenvalue weighted by Crippen LogP contribution is -2.40. The molecule has 1 aliphatic rings. The van der Waals surface area contributed by atoms with Gasteiger partial charge in [-0.05, 0) is 58.2 Å². The van der Waals surface area contributed by atoms with Crippen LogP contribution in [0.15, 0.2) is 24.3 Å². The maximum atomic E-state index is 12.5. The third-order valence-electron chi connectivity index (χ3n) is 3.50. The minimum atomic E-state index is -0.288. The Labute approximate surface area is 126 Å². The van der Waals surface area contributed by atoms with E-state index in [1.54, 1.807) is 24.3 Å². The lowest BCUT2D eigenvalue weighted by Gasteiger charge is -2.27. The van der Waals surface area contributed by atoms with E-state index in [9.17, 15) is 9.59 Å². The zero-order valence-corrected chi connectivity index (χ0v) is 13.1. The Kier molecular flexibility index (Phi) is 4.66. The molecule has 1 N–H and O–H groups in total. The van der Waals surface area contributed by atoms with Crippen molar-refractivity contribution in [3.63, 3.8) is 0 Å². The summed E-state index contributed by atoms with van der Waals surface area (Å²) in [6, 6.07) is 6.99. The summed E-state index contributed by atoms with van der Waals surface area (Å²) in [7, 11) is 0. The molecule has 114 valence electrons. The average molecular weight is 288 g/mol. The number of amides is 2. The number of nitrogens with zero attached hydrogens (tertiary/aromatic N) is 1. The van der Waals surface area contributed by atoms with Crippen molar-refractivity contribution in [1.29, 1.82) is 0 Å². The van der Waals surface area contributed by atoms with Crippen molar-refractivity contribution < 1.29 is 9.59 Å². The van der Waals surface area contributed by atoms with Gasteiger partial charge < -0.3 is 10.2 Å². The second-order valence-electron chi connectivity index (χ2n) is 6.64. The molecule has 0 atom stereocenters. The molecular formula is C17H24N2O2. The van der Waals surface area contributed by atoms with Crippen molar-refractivity contribution in [1.82, 2.24) is 10.2 Å². The second kappa shape index (κ2) is 6.29. The standard InChI is InChI=1S/C17H24N2O2/c1-17(2,3)18-15(20)13-8-7-9-14(12-13)16(21)19-10-5-4-6-11-19/h7-9,12H,4-6,10-11H2,1-3H3,(H,18,20). The van der Waals surface area contributed by atoms with Crippen LogP contribution in [-0.4, -0.2) is 35.3 Å². The van der Waals surface area contributed by atoms with Crippen LogP contribution in [-0.2, 0) is 0 Å². The maximum Gasteiger partial charge on any atom is 0.253 e. The van der Waals surface area contributed by atoms with Crippen LogP contribution in [0, 0.1) is 0 Å². The van der Waals surface area contributed by atoms with E-state index in [0.717, 1.165) is 25.9 Å². The molecule has 21 heavy (non-hydrogen) atoms. The van der Waals surface area contributed by atoms with Gasteiger partial charge in [-0.3, -0.25) is 9.59 Å². The molecule has 1 heterocycles. The van der Waals surface area contributed by atoms with Crippen molar-refractivity contribution in [2.45, 2.75) is 45.6 Å². The van der Waals surface area contributed by atoms with Gasteiger partial charge in [-0.15, -0.1) is 0 Å². The predicted molar refractivity (Wildman–Crippen MR) is 83.4 cm³/mol. The molecule has 0 radical (unpaired) electrons. The van der Waals surface area contributed by atoms with Gasteiger partial charge in [-0.2, -0.15) is 0 Å². The number of carbonyl (C=O) groups excluding carboxylic acids is 2. The molecule has 0 bridgehead atoms. The summed E-state index contributed by atoms with van der Waals surface area (Å²) in [5, 5.41) is 2.92. The number of likely N-dealkylation sites (tertiary alicyclic amines) is 1. The summed E-state index contributed by atoms with van der Waals surface area (Å²) in [4.78, 5) is 26.5. The summed E-state index contributed by atoms with van der Waals surface area (Å²) >= 11 is 0. The monoisotopic (exact) mass is 288 g/mol. The highest BCUT2D eigenvalue weighted by atomic mass is 16.2. The van der Waals surface area contributed by atoms with E-state index < -0.39 is 0 Å². The van der Waals surface area contributed by atoms with E-state index in [2.05, 4.69) is 5.32 Å². The predicted octanol–water partition coefficient (Wildman–Crippen LogP) is 2.84. The van der Waals surface area contributed by atoms with Gasteiger partial charge in [0, 0.05) is 29.8 Å². The lowest BCUT2D eigenvalue weighted by atomic mass is 10.0. The lowest BCUT2D eigenvalue weighted by molar-refractivity contribution is 0.0724. The highest BCUT2D eigenvalue weighted by molar-refractivity contribution is 5.99. The molecule has 1 aromatic rings. The van der Waals surface area contributed by atoms with Gasteiger partial charge in [0.05, 0.1) is 0 Å². The zero-order valence-electron chi connectivity index (χ0n) is 13.1. The molecule has 4 nitrogen and oxygen atoms in total. The SMILES string of the molecule is CC(C)(C)NC(=O)c1cccc(C(=O)N2CCCCC2)c1. The number of benzene rings is 1. The van der Waals surface area contributed by atoms with Crippen LogP contribution in [0.2, 0.25) is 0 Å². The smallest absolute Gasteiger partial charge is 0.253 e. The Morgan fingerprint density at radius 1 is 1.05 bits per heavy atom. The van der Waals surface area contributed by atoms with E-state index in [-0.39, 0.29) is 17.4 Å². The van der Waals surface area contributed by atoms with Gasteiger partial charge in [-0.25, -0.2) is 0 Å². The first-order chi connectivity index (χ1) is 9.87. The van der Waals surface area contributed by atoms with E-state index in [4.69, 9.17) is 0 Å².